The summed E-state index contributed by atoms with van der Waals surface area (Å²) < 4.78 is 0. The van der Waals surface area contributed by atoms with Crippen molar-refractivity contribution in [3.8, 4) is 0 Å². The molecule has 1 amide bonds. The van der Waals surface area contributed by atoms with Crippen molar-refractivity contribution in [1.29, 1.82) is 0 Å². The van der Waals surface area contributed by atoms with Gasteiger partial charge in [0.2, 0.25) is 0 Å². The first kappa shape index (κ1) is 12.1. The Kier molecular flexibility index (Phi) is 4.39. The molecule has 1 aromatic rings. The Morgan fingerprint density at radius 2 is 2.00 bits per heavy atom. The summed E-state index contributed by atoms with van der Waals surface area (Å²) in [7, 11) is 2.95. The Bertz CT molecular complexity index is 386. The van der Waals surface area contributed by atoms with Crippen LogP contribution in [-0.4, -0.2) is 30.2 Å². The van der Waals surface area contributed by atoms with Crippen molar-refractivity contribution in [1.82, 2.24) is 10.2 Å². The monoisotopic (exact) mass is 220 g/mol. The third-order valence-corrected chi connectivity index (χ3v) is 2.11. The van der Waals surface area contributed by atoms with Gasteiger partial charge in [-0.2, -0.15) is 0 Å². The zero-order valence-electron chi connectivity index (χ0n) is 9.47. The average Bonchev–Trinajstić information content (AvgIpc) is 2.30. The molecule has 0 unspecified atom stereocenters. The molecule has 0 spiro atoms. The first-order valence-electron chi connectivity index (χ1n) is 4.99. The Morgan fingerprint density at radius 1 is 1.38 bits per heavy atom. The van der Waals surface area contributed by atoms with E-state index in [1.807, 2.05) is 6.20 Å². The largest absolute Gasteiger partial charge is 0.465 e. The third-order valence-electron chi connectivity index (χ3n) is 2.11. The molecule has 1 aromatic carbocycles. The van der Waals surface area contributed by atoms with Gasteiger partial charge in [-0.15, -0.1) is 0 Å². The molecule has 0 fully saturated rings. The van der Waals surface area contributed by atoms with Crippen LogP contribution in [0.15, 0.2) is 30.5 Å². The molecule has 0 radical (unpaired) electrons. The maximum atomic E-state index is 9.62. The van der Waals surface area contributed by atoms with Crippen molar-refractivity contribution in [3.63, 3.8) is 0 Å². The quantitative estimate of drug-likeness (QED) is 0.703. The van der Waals surface area contributed by atoms with E-state index < -0.39 is 6.09 Å². The van der Waals surface area contributed by atoms with Crippen LogP contribution in [0.2, 0.25) is 0 Å². The second-order valence-electron chi connectivity index (χ2n) is 3.59. The lowest BCUT2D eigenvalue weighted by atomic mass is 10.1. The van der Waals surface area contributed by atoms with E-state index >= 15 is 0 Å². The van der Waals surface area contributed by atoms with E-state index in [9.17, 15) is 4.79 Å². The average molecular weight is 220 g/mol. The van der Waals surface area contributed by atoms with Crippen LogP contribution in [0, 0.1) is 0 Å². The topological polar surface area (TPSA) is 52.6 Å². The van der Waals surface area contributed by atoms with Gasteiger partial charge < -0.3 is 15.3 Å². The molecule has 1 heterocycles. The molecule has 4 nitrogen and oxygen atoms in total. The zero-order chi connectivity index (χ0) is 12.0. The molecule has 0 atom stereocenters. The molecule has 2 N–H and O–H groups in total. The summed E-state index contributed by atoms with van der Waals surface area (Å²) in [6.45, 7) is 0.965. The number of amides is 1. The highest BCUT2D eigenvalue weighted by Crippen LogP contribution is 2.12. The van der Waals surface area contributed by atoms with Crippen LogP contribution in [0.25, 0.3) is 6.08 Å². The van der Waals surface area contributed by atoms with Gasteiger partial charge in [0, 0.05) is 20.6 Å². The summed E-state index contributed by atoms with van der Waals surface area (Å²) in [6.07, 6.45) is 3.18. The summed E-state index contributed by atoms with van der Waals surface area (Å²) in [5.41, 5.74) is 2.71. The standard InChI is InChI=1S/C9H9N.C3H7NO2/c1-2-4-9-7-10-6-5-8(9)3-1;1-4(2)3(5)6/h1-6,10H,7H2;1-2H3,(H,5,6). The van der Waals surface area contributed by atoms with E-state index in [4.69, 9.17) is 5.11 Å². The molecular formula is C12H16N2O2. The summed E-state index contributed by atoms with van der Waals surface area (Å²) in [5, 5.41) is 11.1. The van der Waals surface area contributed by atoms with Gasteiger partial charge in [-0.1, -0.05) is 24.3 Å². The summed E-state index contributed by atoms with van der Waals surface area (Å²) in [5.74, 6) is 0. The van der Waals surface area contributed by atoms with Gasteiger partial charge in [0.25, 0.3) is 0 Å². The lowest BCUT2D eigenvalue weighted by Gasteiger charge is -2.10. The van der Waals surface area contributed by atoms with Crippen molar-refractivity contribution in [2.45, 2.75) is 6.54 Å². The highest BCUT2D eigenvalue weighted by Gasteiger charge is 1.99. The van der Waals surface area contributed by atoms with Crippen molar-refractivity contribution in [2.24, 2.45) is 0 Å². The van der Waals surface area contributed by atoms with Gasteiger partial charge in [0.1, 0.15) is 0 Å². The Morgan fingerprint density at radius 3 is 2.56 bits per heavy atom. The van der Waals surface area contributed by atoms with E-state index in [2.05, 4.69) is 35.7 Å². The lowest BCUT2D eigenvalue weighted by molar-refractivity contribution is 0.165. The second kappa shape index (κ2) is 5.80. The normalized spacial score (nSPS) is 11.6. The summed E-state index contributed by atoms with van der Waals surface area (Å²) in [6, 6.07) is 8.41. The Balaban J connectivity index is 0.000000187. The number of rotatable bonds is 0. The van der Waals surface area contributed by atoms with E-state index in [0.717, 1.165) is 11.4 Å². The first-order chi connectivity index (χ1) is 7.61. The zero-order valence-corrected chi connectivity index (χ0v) is 9.47. The molecular weight excluding hydrogens is 204 g/mol. The third kappa shape index (κ3) is 3.65. The molecule has 1 aliphatic heterocycles. The fourth-order valence-electron chi connectivity index (χ4n) is 1.18. The van der Waals surface area contributed by atoms with E-state index in [1.54, 1.807) is 0 Å². The number of hydrogen-bond donors (Lipinski definition) is 2. The number of fused-ring (bicyclic) bond motifs is 1. The summed E-state index contributed by atoms with van der Waals surface area (Å²) >= 11 is 0. The first-order valence-corrected chi connectivity index (χ1v) is 4.99. The van der Waals surface area contributed by atoms with Crippen LogP contribution >= 0.6 is 0 Å². The number of carboxylic acid groups (broad SMARTS) is 1. The molecule has 86 valence electrons. The Hall–Kier alpha value is -1.97. The van der Waals surface area contributed by atoms with E-state index in [0.29, 0.717) is 0 Å². The number of nitrogens with one attached hydrogen (secondary N) is 1. The van der Waals surface area contributed by atoms with Crippen molar-refractivity contribution < 1.29 is 9.90 Å². The Labute approximate surface area is 95.2 Å². The van der Waals surface area contributed by atoms with Crippen LogP contribution in [-0.2, 0) is 6.54 Å². The molecule has 1 aliphatic rings. The highest BCUT2D eigenvalue weighted by molar-refractivity contribution is 5.63. The predicted molar refractivity (Wildman–Crippen MR) is 64.0 cm³/mol. The smallest absolute Gasteiger partial charge is 0.406 e. The maximum Gasteiger partial charge on any atom is 0.406 e. The van der Waals surface area contributed by atoms with Gasteiger partial charge in [-0.05, 0) is 23.4 Å². The SMILES string of the molecule is C1=Cc2ccccc2CN1.CN(C)C(=O)O. The number of benzene rings is 1. The second-order valence-corrected chi connectivity index (χ2v) is 3.59. The molecule has 0 aromatic heterocycles. The van der Waals surface area contributed by atoms with Gasteiger partial charge in [0.05, 0.1) is 0 Å². The molecule has 4 heteroatoms. The van der Waals surface area contributed by atoms with Crippen molar-refractivity contribution in [2.75, 3.05) is 14.1 Å². The fraction of sp³-hybridized carbons (Fsp3) is 0.250. The predicted octanol–water partition coefficient (Wildman–Crippen LogP) is 1.99. The lowest BCUT2D eigenvalue weighted by Crippen LogP contribution is -2.18. The molecule has 0 aliphatic carbocycles. The number of nitrogens with zero attached hydrogens (tertiary/aromatic N) is 1. The molecule has 16 heavy (non-hydrogen) atoms. The van der Waals surface area contributed by atoms with Crippen LogP contribution < -0.4 is 5.32 Å². The van der Waals surface area contributed by atoms with E-state index in [1.165, 1.54) is 25.2 Å². The molecule has 2 rings (SSSR count). The van der Waals surface area contributed by atoms with Crippen LogP contribution in [0.5, 0.6) is 0 Å². The summed E-state index contributed by atoms with van der Waals surface area (Å²) in [4.78, 5) is 10.7. The fourth-order valence-corrected chi connectivity index (χ4v) is 1.18. The number of carbonyl (C=O) groups is 1. The highest BCUT2D eigenvalue weighted by atomic mass is 16.4. The van der Waals surface area contributed by atoms with Gasteiger partial charge in [0.15, 0.2) is 0 Å². The van der Waals surface area contributed by atoms with Gasteiger partial charge in [-0.3, -0.25) is 0 Å². The van der Waals surface area contributed by atoms with Crippen LogP contribution in [0.1, 0.15) is 11.1 Å². The van der Waals surface area contributed by atoms with Crippen LogP contribution in [0.4, 0.5) is 4.79 Å². The molecule has 0 saturated heterocycles. The van der Waals surface area contributed by atoms with Crippen molar-refractivity contribution in [3.05, 3.63) is 41.6 Å². The van der Waals surface area contributed by atoms with Crippen LogP contribution in [0.3, 0.4) is 0 Å². The number of hydrogen-bond acceptors (Lipinski definition) is 2. The minimum Gasteiger partial charge on any atom is -0.465 e. The van der Waals surface area contributed by atoms with E-state index in [-0.39, 0.29) is 0 Å². The van der Waals surface area contributed by atoms with Gasteiger partial charge in [-0.25, -0.2) is 4.79 Å². The van der Waals surface area contributed by atoms with Crippen molar-refractivity contribution >= 4 is 12.2 Å². The minimum atomic E-state index is -0.907. The molecule has 0 saturated carbocycles. The maximum absolute atomic E-state index is 9.62. The minimum absolute atomic E-state index is 0.907. The molecule has 0 bridgehead atoms. The van der Waals surface area contributed by atoms with Gasteiger partial charge >= 0.3 is 6.09 Å².